The largest absolute Gasteiger partial charge is 0.497 e. The summed E-state index contributed by atoms with van der Waals surface area (Å²) < 4.78 is 5.56. The van der Waals surface area contributed by atoms with Crippen molar-refractivity contribution in [3.63, 3.8) is 0 Å². The molecule has 3 aromatic carbocycles. The molecule has 188 valence electrons. The highest BCUT2D eigenvalue weighted by Gasteiger charge is 2.46. The molecule has 0 aliphatic heterocycles. The van der Waals surface area contributed by atoms with Crippen LogP contribution in [0.15, 0.2) is 72.8 Å². The zero-order valence-electron chi connectivity index (χ0n) is 21.6. The van der Waals surface area contributed by atoms with E-state index in [1.54, 1.807) is 7.11 Å². The average molecular weight is 483 g/mol. The van der Waals surface area contributed by atoms with Gasteiger partial charge in [-0.1, -0.05) is 56.2 Å². The summed E-state index contributed by atoms with van der Waals surface area (Å²) in [5.74, 6) is 1.63. The Hall–Kier alpha value is -3.27. The fraction of sp³-hybridized carbons (Fsp3) is 0.406. The first-order valence-corrected chi connectivity index (χ1v) is 13.4. The molecule has 3 atom stereocenters. The molecule has 0 radical (unpaired) electrons. The zero-order valence-corrected chi connectivity index (χ0v) is 21.6. The highest BCUT2D eigenvalue weighted by atomic mass is 16.5. The van der Waals surface area contributed by atoms with Gasteiger partial charge in [-0.25, -0.2) is 0 Å². The lowest BCUT2D eigenvalue weighted by Gasteiger charge is -2.50. The van der Waals surface area contributed by atoms with E-state index in [1.807, 2.05) is 30.3 Å². The van der Waals surface area contributed by atoms with E-state index < -0.39 is 0 Å². The maximum Gasteiger partial charge on any atom is 0.224 e. The van der Waals surface area contributed by atoms with Crippen molar-refractivity contribution in [1.82, 2.24) is 0 Å². The molecule has 5 rings (SSSR count). The lowest BCUT2D eigenvalue weighted by atomic mass is 9.56. The Balaban J connectivity index is 1.21. The van der Waals surface area contributed by atoms with Crippen LogP contribution in [0.25, 0.3) is 0 Å². The van der Waals surface area contributed by atoms with Crippen LogP contribution in [0.5, 0.6) is 5.75 Å². The van der Waals surface area contributed by atoms with Crippen LogP contribution in [-0.4, -0.2) is 19.1 Å². The number of amides is 1. The molecular formula is C32H38N2O2. The van der Waals surface area contributed by atoms with Gasteiger partial charge in [-0.15, -0.1) is 0 Å². The second kappa shape index (κ2) is 10.8. The first-order chi connectivity index (χ1) is 17.5. The van der Waals surface area contributed by atoms with Crippen molar-refractivity contribution in [2.24, 2.45) is 5.92 Å². The van der Waals surface area contributed by atoms with Gasteiger partial charge in [-0.2, -0.15) is 0 Å². The third-order valence-corrected chi connectivity index (χ3v) is 8.37. The fourth-order valence-corrected chi connectivity index (χ4v) is 6.45. The number of carbonyl (C=O) groups excluding carboxylic acids is 1. The fourth-order valence-electron chi connectivity index (χ4n) is 6.45. The Labute approximate surface area is 215 Å². The number of hydrogen-bond acceptors (Lipinski definition) is 3. The van der Waals surface area contributed by atoms with E-state index >= 15 is 0 Å². The molecule has 2 aliphatic carbocycles. The van der Waals surface area contributed by atoms with Crippen LogP contribution in [0.1, 0.15) is 62.1 Å². The Morgan fingerprint density at radius 2 is 1.78 bits per heavy atom. The Bertz CT molecular complexity index is 1170. The maximum absolute atomic E-state index is 12.4. The highest BCUT2D eigenvalue weighted by molar-refractivity contribution is 5.90. The number of carbonyl (C=O) groups is 1. The molecule has 4 nitrogen and oxygen atoms in total. The molecule has 1 saturated carbocycles. The van der Waals surface area contributed by atoms with E-state index in [4.69, 9.17) is 4.74 Å². The van der Waals surface area contributed by atoms with Crippen LogP contribution >= 0.6 is 0 Å². The molecule has 0 spiro atoms. The van der Waals surface area contributed by atoms with Gasteiger partial charge in [-0.3, -0.25) is 4.79 Å². The maximum atomic E-state index is 12.4. The Morgan fingerprint density at radius 1 is 1.00 bits per heavy atom. The molecule has 0 aromatic heterocycles. The third-order valence-electron chi connectivity index (χ3n) is 8.37. The molecule has 1 fully saturated rings. The van der Waals surface area contributed by atoms with Gasteiger partial charge in [0.15, 0.2) is 0 Å². The van der Waals surface area contributed by atoms with Crippen LogP contribution in [0.3, 0.4) is 0 Å². The molecule has 0 saturated heterocycles. The number of fused-ring (bicyclic) bond motifs is 3. The van der Waals surface area contributed by atoms with Crippen LogP contribution in [0, 0.1) is 5.92 Å². The second-order valence-corrected chi connectivity index (χ2v) is 10.7. The number of methoxy groups -OCH3 is 1. The summed E-state index contributed by atoms with van der Waals surface area (Å²) in [6, 6.07) is 25.6. The summed E-state index contributed by atoms with van der Waals surface area (Å²) in [6.07, 6.45) is 8.40. The van der Waals surface area contributed by atoms with Crippen molar-refractivity contribution in [2.75, 3.05) is 17.7 Å². The topological polar surface area (TPSA) is 50.4 Å². The van der Waals surface area contributed by atoms with Gasteiger partial charge < -0.3 is 15.4 Å². The molecule has 1 amide bonds. The summed E-state index contributed by atoms with van der Waals surface area (Å²) in [5, 5.41) is 6.92. The Kier molecular flexibility index (Phi) is 7.31. The van der Waals surface area contributed by atoms with E-state index in [0.29, 0.717) is 18.4 Å². The van der Waals surface area contributed by atoms with Gasteiger partial charge in [0.2, 0.25) is 5.91 Å². The molecular weight excluding hydrogens is 444 g/mol. The summed E-state index contributed by atoms with van der Waals surface area (Å²) in [6.45, 7) is 2.46. The van der Waals surface area contributed by atoms with Crippen LogP contribution < -0.4 is 15.4 Å². The molecule has 4 heteroatoms. The van der Waals surface area contributed by atoms with E-state index in [-0.39, 0.29) is 11.3 Å². The van der Waals surface area contributed by atoms with Crippen molar-refractivity contribution in [3.05, 3.63) is 89.5 Å². The number of hydrogen-bond donors (Lipinski definition) is 2. The molecule has 2 aliphatic rings. The van der Waals surface area contributed by atoms with Gasteiger partial charge in [0.05, 0.1) is 7.11 Å². The molecule has 0 heterocycles. The van der Waals surface area contributed by atoms with Gasteiger partial charge in [0, 0.05) is 23.8 Å². The number of benzene rings is 3. The number of aryl methyl sites for hydroxylation is 1. The van der Waals surface area contributed by atoms with E-state index in [1.165, 1.54) is 42.4 Å². The molecule has 3 aromatic rings. The summed E-state index contributed by atoms with van der Waals surface area (Å²) in [4.78, 5) is 12.4. The van der Waals surface area contributed by atoms with Crippen LogP contribution in [0.2, 0.25) is 0 Å². The molecule has 0 unspecified atom stereocenters. The van der Waals surface area contributed by atoms with E-state index in [9.17, 15) is 4.79 Å². The molecule has 0 bridgehead atoms. The smallest absolute Gasteiger partial charge is 0.224 e. The van der Waals surface area contributed by atoms with Crippen molar-refractivity contribution in [1.29, 1.82) is 0 Å². The SMILES string of the molecule is COc1ccc2c(c1)[C@]1(C)CCCC[C@@H]1[C@@H](Nc1ccc(NC(=O)CCCc3ccccc3)cc1)C2. The normalized spacial score (nSPS) is 22.7. The minimum absolute atomic E-state index is 0.0731. The predicted molar refractivity (Wildman–Crippen MR) is 148 cm³/mol. The quantitative estimate of drug-likeness (QED) is 0.359. The van der Waals surface area contributed by atoms with Crippen molar-refractivity contribution in [2.45, 2.75) is 69.7 Å². The number of ether oxygens (including phenoxy) is 1. The lowest BCUT2D eigenvalue weighted by molar-refractivity contribution is -0.116. The van der Waals surface area contributed by atoms with Crippen molar-refractivity contribution >= 4 is 17.3 Å². The van der Waals surface area contributed by atoms with Crippen molar-refractivity contribution in [3.8, 4) is 5.75 Å². The summed E-state index contributed by atoms with van der Waals surface area (Å²) >= 11 is 0. The standard InChI is InChI=1S/C32H38N2O2/c1-32-20-7-6-12-28(32)30(21-24-14-19-27(36-2)22-29(24)32)33-25-15-17-26(18-16-25)34-31(35)13-8-11-23-9-4-3-5-10-23/h3-5,9-10,14-19,22,28,30,33H,6-8,11-13,20-21H2,1-2H3,(H,34,35)/t28-,30+,32-/m1/s1. The van der Waals surface area contributed by atoms with Crippen LogP contribution in [0.4, 0.5) is 11.4 Å². The average Bonchev–Trinajstić information content (AvgIpc) is 2.90. The van der Waals surface area contributed by atoms with E-state index in [0.717, 1.165) is 36.4 Å². The van der Waals surface area contributed by atoms with Gasteiger partial charge in [0.25, 0.3) is 0 Å². The second-order valence-electron chi connectivity index (χ2n) is 10.7. The van der Waals surface area contributed by atoms with E-state index in [2.05, 4.69) is 60.0 Å². The summed E-state index contributed by atoms with van der Waals surface area (Å²) in [7, 11) is 1.76. The minimum Gasteiger partial charge on any atom is -0.497 e. The minimum atomic E-state index is 0.0731. The summed E-state index contributed by atoms with van der Waals surface area (Å²) in [5.41, 5.74) is 6.34. The zero-order chi connectivity index (χ0) is 25.0. The van der Waals surface area contributed by atoms with Gasteiger partial charge in [-0.05, 0) is 96.5 Å². The predicted octanol–water partition coefficient (Wildman–Crippen LogP) is 7.14. The number of rotatable bonds is 8. The highest BCUT2D eigenvalue weighted by Crippen LogP contribution is 2.51. The van der Waals surface area contributed by atoms with Gasteiger partial charge >= 0.3 is 0 Å². The number of nitrogens with one attached hydrogen (secondary N) is 2. The first-order valence-electron chi connectivity index (χ1n) is 13.4. The first kappa shape index (κ1) is 24.4. The monoisotopic (exact) mass is 482 g/mol. The van der Waals surface area contributed by atoms with Crippen LogP contribution in [-0.2, 0) is 23.1 Å². The molecule has 36 heavy (non-hydrogen) atoms. The van der Waals surface area contributed by atoms with Gasteiger partial charge in [0.1, 0.15) is 5.75 Å². The Morgan fingerprint density at radius 3 is 2.56 bits per heavy atom. The molecule has 2 N–H and O–H groups in total. The lowest BCUT2D eigenvalue weighted by Crippen LogP contribution is -2.50. The number of anilines is 2. The van der Waals surface area contributed by atoms with Crippen molar-refractivity contribution < 1.29 is 9.53 Å². The third kappa shape index (κ3) is 5.28.